The number of fused-ring (bicyclic) bond motifs is 4. The monoisotopic (exact) mass is 592 g/mol. The molecule has 0 fully saturated rings. The van der Waals surface area contributed by atoms with E-state index in [0.717, 1.165) is 38.9 Å². The van der Waals surface area contributed by atoms with E-state index in [4.69, 9.17) is 0 Å². The lowest BCUT2D eigenvalue weighted by molar-refractivity contribution is 0.497. The molecule has 0 radical (unpaired) electrons. The molecule has 0 amide bonds. The highest BCUT2D eigenvalue weighted by atomic mass is 31.2. The van der Waals surface area contributed by atoms with Crippen molar-refractivity contribution >= 4 is 13.7 Å². The molecular formula is C40H49O2P. The van der Waals surface area contributed by atoms with Gasteiger partial charge in [-0.3, -0.25) is 0 Å². The first-order chi connectivity index (χ1) is 19.7. The van der Waals surface area contributed by atoms with E-state index in [2.05, 4.69) is 144 Å². The highest BCUT2D eigenvalue weighted by molar-refractivity contribution is 7.54. The zero-order valence-electron chi connectivity index (χ0n) is 28.2. The van der Waals surface area contributed by atoms with Gasteiger partial charge in [0.05, 0.1) is 0 Å². The molecule has 0 atom stereocenters. The van der Waals surface area contributed by atoms with Crippen LogP contribution in [0.25, 0.3) is 44.5 Å². The van der Waals surface area contributed by atoms with Crippen LogP contribution in [0, 0.1) is 0 Å². The van der Waals surface area contributed by atoms with Gasteiger partial charge in [-0.05, 0) is 83.4 Å². The van der Waals surface area contributed by atoms with E-state index in [1.54, 1.807) is 0 Å². The third kappa shape index (κ3) is 5.64. The molecule has 0 saturated carbocycles. The SMILES string of the molecule is CC(C)(C)c1ccc(-c2cc3c(c(P(O)O)c2-c2ccc(C(C)(C)C)cc2C(C)(C)C)-c2ccccc2-3)c(C(C)(C)C)c1. The Balaban J connectivity index is 1.97. The van der Waals surface area contributed by atoms with E-state index in [1.165, 1.54) is 27.8 Å². The van der Waals surface area contributed by atoms with Crippen molar-refractivity contribution in [1.82, 2.24) is 0 Å². The Kier molecular flexibility index (Phi) is 7.66. The number of hydrogen-bond acceptors (Lipinski definition) is 2. The first-order valence-corrected chi connectivity index (χ1v) is 16.8. The van der Waals surface area contributed by atoms with Gasteiger partial charge >= 0.3 is 0 Å². The molecule has 0 bridgehead atoms. The Morgan fingerprint density at radius 1 is 0.419 bits per heavy atom. The van der Waals surface area contributed by atoms with Crippen LogP contribution < -0.4 is 5.30 Å². The van der Waals surface area contributed by atoms with Gasteiger partial charge in [0.25, 0.3) is 0 Å². The van der Waals surface area contributed by atoms with Gasteiger partial charge in [-0.1, -0.05) is 144 Å². The predicted octanol–water partition coefficient (Wildman–Crippen LogP) is 10.8. The van der Waals surface area contributed by atoms with Crippen molar-refractivity contribution in [2.75, 3.05) is 0 Å². The van der Waals surface area contributed by atoms with Gasteiger partial charge < -0.3 is 9.79 Å². The van der Waals surface area contributed by atoms with Gasteiger partial charge in [0.2, 0.25) is 8.38 Å². The lowest BCUT2D eigenvalue weighted by Crippen LogP contribution is -2.22. The number of hydrogen-bond donors (Lipinski definition) is 2. The standard InChI is InChI=1S/C40H49O2P/c1-37(2,3)24-17-19-27(32(21-24)39(7,8)9)31-23-30-26-15-13-14-16-28(26)34(30)36(43(41)42)35(31)29-20-18-25(38(4,5)6)22-33(29)40(10,11)12/h13-23,41-42H,1-12H3. The van der Waals surface area contributed by atoms with Crippen LogP contribution in [0.5, 0.6) is 0 Å². The lowest BCUT2D eigenvalue weighted by Gasteiger charge is -2.35. The Bertz CT molecular complexity index is 1710. The van der Waals surface area contributed by atoms with Gasteiger partial charge in [0.1, 0.15) is 0 Å². The summed E-state index contributed by atoms with van der Waals surface area (Å²) < 4.78 is 0. The smallest absolute Gasteiger partial charge is 0.200 e. The van der Waals surface area contributed by atoms with Gasteiger partial charge in [-0.25, -0.2) is 0 Å². The summed E-state index contributed by atoms with van der Waals surface area (Å²) in [6.07, 6.45) is 0. The molecule has 2 N–H and O–H groups in total. The fourth-order valence-corrected chi connectivity index (χ4v) is 7.31. The van der Waals surface area contributed by atoms with Crippen LogP contribution in [-0.4, -0.2) is 9.79 Å². The fraction of sp³-hybridized carbons (Fsp3) is 0.400. The predicted molar refractivity (Wildman–Crippen MR) is 188 cm³/mol. The molecule has 0 saturated heterocycles. The average molecular weight is 593 g/mol. The molecule has 43 heavy (non-hydrogen) atoms. The number of rotatable bonds is 3. The summed E-state index contributed by atoms with van der Waals surface area (Å²) in [5, 5.41) is 0.662. The quantitative estimate of drug-likeness (QED) is 0.205. The minimum absolute atomic E-state index is 0.00759. The molecule has 0 heterocycles. The molecule has 4 aromatic rings. The normalized spacial score (nSPS) is 13.6. The Morgan fingerprint density at radius 3 is 1.30 bits per heavy atom. The summed E-state index contributed by atoms with van der Waals surface area (Å²) in [4.78, 5) is 22.6. The van der Waals surface area contributed by atoms with Crippen molar-refractivity contribution in [3.8, 4) is 44.5 Å². The highest BCUT2D eigenvalue weighted by Crippen LogP contribution is 2.55. The largest absolute Gasteiger partial charge is 0.347 e. The van der Waals surface area contributed by atoms with Crippen molar-refractivity contribution < 1.29 is 9.79 Å². The second-order valence-corrected chi connectivity index (χ2v) is 17.5. The fourth-order valence-electron chi connectivity index (χ4n) is 6.43. The second-order valence-electron chi connectivity index (χ2n) is 16.4. The Hall–Kier alpha value is -2.77. The van der Waals surface area contributed by atoms with Crippen molar-refractivity contribution in [1.29, 1.82) is 0 Å². The summed E-state index contributed by atoms with van der Waals surface area (Å²) in [6.45, 7) is 27.1. The summed E-state index contributed by atoms with van der Waals surface area (Å²) >= 11 is 0. The third-order valence-corrected chi connectivity index (χ3v) is 9.78. The molecule has 4 aromatic carbocycles. The van der Waals surface area contributed by atoms with Crippen LogP contribution in [-0.2, 0) is 21.7 Å². The van der Waals surface area contributed by atoms with E-state index in [0.29, 0.717) is 5.30 Å². The maximum Gasteiger partial charge on any atom is 0.200 e. The molecule has 0 unspecified atom stereocenters. The van der Waals surface area contributed by atoms with Crippen LogP contribution in [0.4, 0.5) is 0 Å². The van der Waals surface area contributed by atoms with Crippen molar-refractivity contribution in [2.24, 2.45) is 0 Å². The van der Waals surface area contributed by atoms with Crippen LogP contribution in [0.15, 0.2) is 66.7 Å². The molecule has 3 heteroatoms. The highest BCUT2D eigenvalue weighted by Gasteiger charge is 2.36. The molecule has 226 valence electrons. The summed E-state index contributed by atoms with van der Waals surface area (Å²) in [5.41, 5.74) is 13.4. The minimum atomic E-state index is -2.40. The van der Waals surface area contributed by atoms with Crippen molar-refractivity contribution in [2.45, 2.75) is 105 Å². The van der Waals surface area contributed by atoms with Gasteiger partial charge in [-0.2, -0.15) is 0 Å². The molecule has 1 aliphatic carbocycles. The molecule has 1 aliphatic rings. The van der Waals surface area contributed by atoms with Gasteiger partial charge in [-0.15, -0.1) is 0 Å². The Labute approximate surface area is 261 Å². The van der Waals surface area contributed by atoms with Gasteiger partial charge in [0.15, 0.2) is 0 Å². The summed E-state index contributed by atoms with van der Waals surface area (Å²) in [6, 6.07) is 24.4. The molecule has 0 aromatic heterocycles. The van der Waals surface area contributed by atoms with E-state index < -0.39 is 8.38 Å². The third-order valence-electron chi connectivity index (χ3n) is 8.93. The van der Waals surface area contributed by atoms with Crippen LogP contribution in [0.2, 0.25) is 0 Å². The van der Waals surface area contributed by atoms with Crippen LogP contribution >= 0.6 is 8.38 Å². The average Bonchev–Trinajstić information content (AvgIpc) is 2.88. The molecule has 0 aliphatic heterocycles. The topological polar surface area (TPSA) is 40.5 Å². The van der Waals surface area contributed by atoms with Gasteiger partial charge in [0, 0.05) is 16.4 Å². The second kappa shape index (κ2) is 10.4. The van der Waals surface area contributed by atoms with Crippen molar-refractivity contribution in [3.05, 3.63) is 89.0 Å². The summed E-state index contributed by atoms with van der Waals surface area (Å²) in [5.74, 6) is 0. The zero-order chi connectivity index (χ0) is 31.9. The van der Waals surface area contributed by atoms with E-state index in [1.807, 2.05) is 6.07 Å². The molecule has 5 rings (SSSR count). The van der Waals surface area contributed by atoms with Crippen LogP contribution in [0.1, 0.15) is 105 Å². The number of benzene rings is 4. The Morgan fingerprint density at radius 2 is 0.837 bits per heavy atom. The maximum atomic E-state index is 11.3. The molecule has 2 nitrogen and oxygen atoms in total. The first-order valence-electron chi connectivity index (χ1n) is 15.5. The summed E-state index contributed by atoms with van der Waals surface area (Å²) in [7, 11) is -2.40. The van der Waals surface area contributed by atoms with E-state index in [9.17, 15) is 9.79 Å². The van der Waals surface area contributed by atoms with Crippen LogP contribution in [0.3, 0.4) is 0 Å². The van der Waals surface area contributed by atoms with Crippen molar-refractivity contribution in [3.63, 3.8) is 0 Å². The molecular weight excluding hydrogens is 543 g/mol. The zero-order valence-corrected chi connectivity index (χ0v) is 29.1. The molecule has 0 spiro atoms. The first kappa shape index (κ1) is 31.6. The van der Waals surface area contributed by atoms with E-state index >= 15 is 0 Å². The lowest BCUT2D eigenvalue weighted by atomic mass is 9.71. The van der Waals surface area contributed by atoms with E-state index in [-0.39, 0.29) is 21.7 Å². The minimum Gasteiger partial charge on any atom is -0.347 e. The maximum absolute atomic E-state index is 11.3.